The number of aromatic amines is 1. The molecule has 2 aromatic heterocycles. The van der Waals surface area contributed by atoms with Crippen molar-refractivity contribution in [3.8, 4) is 11.5 Å². The zero-order valence-electron chi connectivity index (χ0n) is 35.6. The number of hydrogen-bond donors (Lipinski definition) is 3. The molecule has 2 saturated heterocycles. The fraction of sp³-hybridized carbons (Fsp3) is 0.413. The average molecular weight is 885 g/mol. The standard InChI is InChI=1S/C46H55ClN8O6S/c1-31(2)46(57)54-28-34-4-5-36(47)22-35(34)23-39(54)29-52-16-18-53(19-17-52)38-8-11-42(43(25-38)60-40-24-33-12-15-49-44(33)50-26-40)45(56)51-30-62(3,58)41-9-6-37(7-10-41)55(61-48)27-32-13-20-59-21-14-32/h4-12,15,22,24-26,31-32,39H,13-14,16-21,23,27-30,48H2,1-3H3,(H-,49,50,51,56)/p+1. The number of carbonyl (C=O) groups excluding carboxylic acids is 2. The third-order valence-corrected chi connectivity index (χ3v) is 14.4. The van der Waals surface area contributed by atoms with Crippen molar-refractivity contribution in [2.24, 2.45) is 17.7 Å². The number of fused-ring (bicyclic) bond motifs is 2. The number of hydrogen-bond acceptors (Lipinski definition) is 11. The largest absolute Gasteiger partial charge is 0.455 e. The van der Waals surface area contributed by atoms with Gasteiger partial charge in [0.15, 0.2) is 10.8 Å². The number of halogens is 1. The Hall–Kier alpha value is -5.03. The molecule has 5 heterocycles. The van der Waals surface area contributed by atoms with Gasteiger partial charge in [-0.1, -0.05) is 35.7 Å². The van der Waals surface area contributed by atoms with Crippen molar-refractivity contribution in [3.05, 3.63) is 107 Å². The first-order valence-electron chi connectivity index (χ1n) is 21.3. The predicted molar refractivity (Wildman–Crippen MR) is 243 cm³/mol. The molecule has 2 amide bonds. The number of hydroxylamine groups is 1. The highest BCUT2D eigenvalue weighted by molar-refractivity contribution is 8.02. The van der Waals surface area contributed by atoms with Crippen LogP contribution >= 0.6 is 11.6 Å². The molecule has 2 fully saturated rings. The molecule has 0 radical (unpaired) electrons. The summed E-state index contributed by atoms with van der Waals surface area (Å²) in [5.41, 5.74) is 5.07. The van der Waals surface area contributed by atoms with Gasteiger partial charge in [-0.3, -0.25) is 14.5 Å². The van der Waals surface area contributed by atoms with Crippen LogP contribution in [-0.2, 0) is 41.6 Å². The molecule has 3 aliphatic rings. The van der Waals surface area contributed by atoms with Crippen molar-refractivity contribution in [3.63, 3.8) is 0 Å². The molecule has 0 spiro atoms. The lowest BCUT2D eigenvalue weighted by Gasteiger charge is -2.43. The van der Waals surface area contributed by atoms with Crippen LogP contribution in [0.1, 0.15) is 48.2 Å². The van der Waals surface area contributed by atoms with Crippen LogP contribution in [0.2, 0.25) is 5.02 Å². The number of piperazine rings is 1. The zero-order valence-corrected chi connectivity index (χ0v) is 37.1. The molecule has 3 aromatic carbocycles. The molecule has 3 aliphatic heterocycles. The van der Waals surface area contributed by atoms with E-state index in [2.05, 4.69) is 25.1 Å². The Bertz CT molecular complexity index is 2420. The molecule has 2 unspecified atom stereocenters. The maximum Gasteiger partial charge on any atom is 0.258 e. The molecule has 328 valence electrons. The number of pyridine rings is 1. The SMILES string of the molecule is CC(C)C(=O)N1Cc2ccc(Cl)cc2CC1CN1CCN(c2ccc(C(=O)NC[S+](C)(=O)c3ccc(N(CC4CCOCC4)ON)cc3)c(Oc3cnc4[nH]ccc4c3)c2)CC1. The van der Waals surface area contributed by atoms with Crippen molar-refractivity contribution in [1.29, 1.82) is 0 Å². The van der Waals surface area contributed by atoms with E-state index in [9.17, 15) is 13.8 Å². The molecule has 0 saturated carbocycles. The van der Waals surface area contributed by atoms with Crippen molar-refractivity contribution in [1.82, 2.24) is 25.1 Å². The Kier molecular flexibility index (Phi) is 13.5. The minimum Gasteiger partial charge on any atom is -0.455 e. The zero-order chi connectivity index (χ0) is 43.4. The predicted octanol–water partition coefficient (Wildman–Crippen LogP) is 6.65. The monoisotopic (exact) mass is 883 g/mol. The minimum absolute atomic E-state index is 0.0479. The van der Waals surface area contributed by atoms with Crippen LogP contribution in [0.4, 0.5) is 11.4 Å². The van der Waals surface area contributed by atoms with Crippen molar-refractivity contribution in [2.45, 2.75) is 50.6 Å². The van der Waals surface area contributed by atoms with Crippen LogP contribution in [-0.4, -0.2) is 102 Å². The lowest BCUT2D eigenvalue weighted by atomic mass is 9.92. The Morgan fingerprint density at radius 3 is 2.53 bits per heavy atom. The number of H-pyrrole nitrogens is 1. The molecular formula is C46H56ClN8O6S+. The summed E-state index contributed by atoms with van der Waals surface area (Å²) in [5, 5.41) is 6.16. The summed E-state index contributed by atoms with van der Waals surface area (Å²) in [6, 6.07) is 22.7. The molecule has 16 heteroatoms. The first kappa shape index (κ1) is 43.6. The van der Waals surface area contributed by atoms with Gasteiger partial charge in [0.05, 0.1) is 24.0 Å². The second-order valence-corrected chi connectivity index (χ2v) is 20.1. The van der Waals surface area contributed by atoms with Crippen LogP contribution in [0.15, 0.2) is 90.1 Å². The summed E-state index contributed by atoms with van der Waals surface area (Å²) >= 11 is 6.38. The summed E-state index contributed by atoms with van der Waals surface area (Å²) in [6.07, 6.45) is 7.71. The smallest absolute Gasteiger partial charge is 0.258 e. The first-order chi connectivity index (χ1) is 29.9. The Balaban J connectivity index is 0.949. The Labute approximate surface area is 369 Å². The Morgan fingerprint density at radius 1 is 1.02 bits per heavy atom. The van der Waals surface area contributed by atoms with E-state index in [0.29, 0.717) is 46.0 Å². The highest BCUT2D eigenvalue weighted by Crippen LogP contribution is 2.33. The van der Waals surface area contributed by atoms with E-state index in [0.717, 1.165) is 93.2 Å². The number of rotatable bonds is 14. The summed E-state index contributed by atoms with van der Waals surface area (Å²) in [5.74, 6) is 6.47. The number of ether oxygens (including phenoxy) is 2. The number of nitrogens with zero attached hydrogens (tertiary/aromatic N) is 5. The summed E-state index contributed by atoms with van der Waals surface area (Å²) < 4.78 is 26.0. The highest BCUT2D eigenvalue weighted by Gasteiger charge is 2.34. The van der Waals surface area contributed by atoms with Gasteiger partial charge in [0.25, 0.3) is 5.91 Å². The second-order valence-electron chi connectivity index (χ2n) is 16.9. The van der Waals surface area contributed by atoms with Crippen LogP contribution in [0.3, 0.4) is 0 Å². The minimum atomic E-state index is -2.68. The van der Waals surface area contributed by atoms with E-state index in [-0.39, 0.29) is 23.7 Å². The topological polar surface area (TPSA) is 159 Å². The second kappa shape index (κ2) is 19.2. The quantitative estimate of drug-likeness (QED) is 0.0810. The average Bonchev–Trinajstić information content (AvgIpc) is 3.76. The molecule has 0 aliphatic carbocycles. The van der Waals surface area contributed by atoms with Crippen LogP contribution in [0, 0.1) is 11.8 Å². The molecule has 5 aromatic rings. The van der Waals surface area contributed by atoms with Gasteiger partial charge in [-0.05, 0) is 97.0 Å². The lowest BCUT2D eigenvalue weighted by Crippen LogP contribution is -2.55. The number of nitrogens with one attached hydrogen (secondary N) is 2. The van der Waals surface area contributed by atoms with Gasteiger partial charge in [0, 0.05) is 92.8 Å². The van der Waals surface area contributed by atoms with E-state index < -0.39 is 15.8 Å². The number of aromatic nitrogens is 2. The maximum atomic E-state index is 14.1. The van der Waals surface area contributed by atoms with E-state index in [1.807, 2.05) is 79.5 Å². The number of anilines is 2. The van der Waals surface area contributed by atoms with E-state index in [1.54, 1.807) is 35.7 Å². The molecule has 8 rings (SSSR count). The molecule has 0 bridgehead atoms. The highest BCUT2D eigenvalue weighted by atomic mass is 35.5. The van der Waals surface area contributed by atoms with Gasteiger partial charge in [0.2, 0.25) is 5.91 Å². The van der Waals surface area contributed by atoms with Crippen molar-refractivity contribution in [2.75, 3.05) is 74.6 Å². The molecule has 4 N–H and O–H groups in total. The van der Waals surface area contributed by atoms with Crippen LogP contribution < -0.4 is 25.9 Å². The van der Waals surface area contributed by atoms with Gasteiger partial charge < -0.3 is 29.6 Å². The van der Waals surface area contributed by atoms with E-state index in [4.69, 9.17) is 31.9 Å². The third-order valence-electron chi connectivity index (χ3n) is 12.2. The van der Waals surface area contributed by atoms with Crippen LogP contribution in [0.25, 0.3) is 11.0 Å². The van der Waals surface area contributed by atoms with Gasteiger partial charge in [-0.2, -0.15) is 10.8 Å². The molecule has 62 heavy (non-hydrogen) atoms. The fourth-order valence-electron chi connectivity index (χ4n) is 8.59. The third kappa shape index (κ3) is 10.1. The number of amides is 2. The summed E-state index contributed by atoms with van der Waals surface area (Å²) in [7, 11) is -2.68. The van der Waals surface area contributed by atoms with Gasteiger partial charge in [0.1, 0.15) is 33.3 Å². The van der Waals surface area contributed by atoms with Crippen LogP contribution in [0.5, 0.6) is 11.5 Å². The molecule has 14 nitrogen and oxygen atoms in total. The summed E-state index contributed by atoms with van der Waals surface area (Å²) in [4.78, 5) is 47.5. The Morgan fingerprint density at radius 2 is 1.79 bits per heavy atom. The number of nitrogens with two attached hydrogens (primary N) is 1. The fourth-order valence-corrected chi connectivity index (χ4v) is 10.1. The van der Waals surface area contributed by atoms with Crippen molar-refractivity contribution >= 4 is 55.8 Å². The molecule has 2 atom stereocenters. The van der Waals surface area contributed by atoms with E-state index >= 15 is 0 Å². The van der Waals surface area contributed by atoms with E-state index in [1.165, 1.54) is 5.56 Å². The van der Waals surface area contributed by atoms with Gasteiger partial charge in [-0.15, -0.1) is 0 Å². The number of benzene rings is 3. The number of carbonyl (C=O) groups is 2. The van der Waals surface area contributed by atoms with Crippen molar-refractivity contribution < 1.29 is 28.2 Å². The normalized spacial score (nSPS) is 18.4. The lowest BCUT2D eigenvalue weighted by molar-refractivity contribution is -0.138. The molecular weight excluding hydrogens is 828 g/mol. The van der Waals surface area contributed by atoms with Gasteiger partial charge >= 0.3 is 0 Å². The summed E-state index contributed by atoms with van der Waals surface area (Å²) in [6.45, 7) is 10.4. The van der Waals surface area contributed by atoms with Gasteiger partial charge in [-0.25, -0.2) is 10.0 Å². The first-order valence-corrected chi connectivity index (χ1v) is 23.8. The maximum absolute atomic E-state index is 14.1.